The smallest absolute Gasteiger partial charge is 0.338 e. The van der Waals surface area contributed by atoms with Crippen LogP contribution in [0.2, 0.25) is 0 Å². The van der Waals surface area contributed by atoms with Gasteiger partial charge in [0.1, 0.15) is 6.61 Å². The first-order chi connectivity index (χ1) is 30.9. The van der Waals surface area contributed by atoms with Crippen LogP contribution in [-0.2, 0) is 18.9 Å². The minimum Gasteiger partial charge on any atom is -0.460 e. The molecule has 0 unspecified atom stereocenters. The van der Waals surface area contributed by atoms with Gasteiger partial charge in [0.05, 0.1) is 38.6 Å². The van der Waals surface area contributed by atoms with E-state index in [0.717, 1.165) is 33.4 Å². The molecule has 0 bridgehead atoms. The SMILES string of the molecule is COCCOCCOCCOC(=O)c1cc(C#Cc2ccc(-c3ccc(C(=O)c4ccccc4)cc3)cc2)cc(C#Cc2ccc(-c3ccc(C(=O)c4ccccc4)cc3)cc2)c1. The van der Waals surface area contributed by atoms with Crippen LogP contribution in [0.5, 0.6) is 0 Å². The Morgan fingerprint density at radius 1 is 0.365 bits per heavy atom. The molecule has 7 rings (SSSR count). The molecule has 63 heavy (non-hydrogen) atoms. The van der Waals surface area contributed by atoms with E-state index in [0.29, 0.717) is 65.4 Å². The topological polar surface area (TPSA) is 88.1 Å². The molecule has 0 fully saturated rings. The van der Waals surface area contributed by atoms with E-state index in [1.165, 1.54) is 0 Å². The third-order valence-corrected chi connectivity index (χ3v) is 9.94. The first-order valence-corrected chi connectivity index (χ1v) is 20.5. The lowest BCUT2D eigenvalue weighted by Gasteiger charge is -2.08. The molecule has 7 nitrogen and oxygen atoms in total. The highest BCUT2D eigenvalue weighted by molar-refractivity contribution is 6.09. The lowest BCUT2D eigenvalue weighted by atomic mass is 9.99. The lowest BCUT2D eigenvalue weighted by Crippen LogP contribution is -2.14. The van der Waals surface area contributed by atoms with Crippen LogP contribution in [0.4, 0.5) is 0 Å². The van der Waals surface area contributed by atoms with Crippen molar-refractivity contribution in [2.24, 2.45) is 0 Å². The Bertz CT molecular complexity index is 2580. The number of esters is 1. The van der Waals surface area contributed by atoms with Crippen LogP contribution in [0.25, 0.3) is 22.3 Å². The summed E-state index contributed by atoms with van der Waals surface area (Å²) in [6, 6.07) is 54.6. The summed E-state index contributed by atoms with van der Waals surface area (Å²) in [5.41, 5.74) is 9.61. The number of hydrogen-bond donors (Lipinski definition) is 0. The normalized spacial score (nSPS) is 10.5. The minimum atomic E-state index is -0.511. The average Bonchev–Trinajstić information content (AvgIpc) is 3.35. The van der Waals surface area contributed by atoms with Gasteiger partial charge in [0.2, 0.25) is 0 Å². The molecule has 0 spiro atoms. The number of hydrogen-bond acceptors (Lipinski definition) is 7. The van der Waals surface area contributed by atoms with Gasteiger partial charge >= 0.3 is 5.97 Å². The van der Waals surface area contributed by atoms with Crippen molar-refractivity contribution in [2.75, 3.05) is 46.8 Å². The molecule has 0 aliphatic rings. The summed E-state index contributed by atoms with van der Waals surface area (Å²) in [5, 5.41) is 0. The number of benzene rings is 7. The molecule has 0 saturated heterocycles. The van der Waals surface area contributed by atoms with Gasteiger partial charge in [0.25, 0.3) is 0 Å². The Labute approximate surface area is 368 Å². The zero-order valence-electron chi connectivity index (χ0n) is 34.8. The van der Waals surface area contributed by atoms with Crippen LogP contribution in [0.3, 0.4) is 0 Å². The van der Waals surface area contributed by atoms with Crippen molar-refractivity contribution in [3.05, 3.63) is 226 Å². The number of rotatable bonds is 16. The second-order valence-electron chi connectivity index (χ2n) is 14.4. The molecule has 0 aromatic heterocycles. The van der Waals surface area contributed by atoms with Crippen LogP contribution < -0.4 is 0 Å². The zero-order valence-corrected chi connectivity index (χ0v) is 34.8. The summed E-state index contributed by atoms with van der Waals surface area (Å²) in [4.78, 5) is 39.0. The van der Waals surface area contributed by atoms with Gasteiger partial charge in [-0.05, 0) is 64.7 Å². The number of carbonyl (C=O) groups is 3. The lowest BCUT2D eigenvalue weighted by molar-refractivity contribution is 0.00569. The van der Waals surface area contributed by atoms with Crippen LogP contribution in [0, 0.1) is 23.7 Å². The van der Waals surface area contributed by atoms with Crippen molar-refractivity contribution in [3.8, 4) is 45.9 Å². The number of ketones is 2. The average molecular weight is 829 g/mol. The predicted molar refractivity (Wildman–Crippen MR) is 246 cm³/mol. The maximum atomic E-state index is 13.3. The standard InChI is InChI=1S/C56H44O7/c1-60-32-33-61-34-35-62-36-37-63-56(59)53-39-43(14-12-41-16-20-45(21-17-41)47-24-28-51(29-25-47)54(57)49-8-4-2-5-9-49)38-44(40-53)15-13-42-18-22-46(23-19-42)48-26-30-52(31-27-48)55(58)50-10-6-3-7-11-50/h2-11,16-31,38-40H,32-37H2,1H3. The van der Waals surface area contributed by atoms with Crippen LogP contribution in [-0.4, -0.2) is 64.3 Å². The summed E-state index contributed by atoms with van der Waals surface area (Å²) in [6.45, 7) is 2.09. The van der Waals surface area contributed by atoms with Gasteiger partial charge in [-0.2, -0.15) is 0 Å². The molecular formula is C56H44O7. The fraction of sp³-hybridized carbons (Fsp3) is 0.125. The fourth-order valence-electron chi connectivity index (χ4n) is 6.55. The molecule has 7 aromatic carbocycles. The van der Waals surface area contributed by atoms with E-state index in [-0.39, 0.29) is 24.8 Å². The van der Waals surface area contributed by atoms with Crippen LogP contribution >= 0.6 is 0 Å². The minimum absolute atomic E-state index is 0.0175. The molecule has 0 heterocycles. The van der Waals surface area contributed by atoms with E-state index in [4.69, 9.17) is 18.9 Å². The molecule has 7 heteroatoms. The van der Waals surface area contributed by atoms with Crippen LogP contribution in [0.15, 0.2) is 176 Å². The van der Waals surface area contributed by atoms with Crippen molar-refractivity contribution < 1.29 is 33.3 Å². The van der Waals surface area contributed by atoms with Crippen LogP contribution in [0.1, 0.15) is 64.5 Å². The second kappa shape index (κ2) is 22.3. The Kier molecular flexibility index (Phi) is 15.4. The van der Waals surface area contributed by atoms with Crippen molar-refractivity contribution in [1.29, 1.82) is 0 Å². The summed E-state index contributed by atoms with van der Waals surface area (Å²) < 4.78 is 21.5. The summed E-state index contributed by atoms with van der Waals surface area (Å²) in [7, 11) is 1.62. The van der Waals surface area contributed by atoms with E-state index < -0.39 is 5.97 Å². The van der Waals surface area contributed by atoms with Gasteiger partial charge in [-0.15, -0.1) is 0 Å². The molecule has 0 aliphatic heterocycles. The molecule has 0 aliphatic carbocycles. The maximum absolute atomic E-state index is 13.3. The fourth-order valence-corrected chi connectivity index (χ4v) is 6.55. The Morgan fingerprint density at radius 2 is 0.714 bits per heavy atom. The number of methoxy groups -OCH3 is 1. The van der Waals surface area contributed by atoms with E-state index >= 15 is 0 Å². The third-order valence-electron chi connectivity index (χ3n) is 9.94. The summed E-state index contributed by atoms with van der Waals surface area (Å²) >= 11 is 0. The van der Waals surface area contributed by atoms with E-state index in [1.54, 1.807) is 19.2 Å². The summed E-state index contributed by atoms with van der Waals surface area (Å²) in [5.74, 6) is 12.3. The van der Waals surface area contributed by atoms with Crippen molar-refractivity contribution >= 4 is 17.5 Å². The van der Waals surface area contributed by atoms with Gasteiger partial charge in [0, 0.05) is 51.6 Å². The monoisotopic (exact) mass is 828 g/mol. The molecular weight excluding hydrogens is 785 g/mol. The Balaban J connectivity index is 1.04. The largest absolute Gasteiger partial charge is 0.460 e. The van der Waals surface area contributed by atoms with Gasteiger partial charge in [-0.25, -0.2) is 4.79 Å². The highest BCUT2D eigenvalue weighted by Gasteiger charge is 2.12. The quantitative estimate of drug-likeness (QED) is 0.0415. The van der Waals surface area contributed by atoms with Gasteiger partial charge in [-0.1, -0.05) is 157 Å². The molecule has 0 saturated carbocycles. The molecule has 0 amide bonds. The first-order valence-electron chi connectivity index (χ1n) is 20.5. The third kappa shape index (κ3) is 12.5. The number of carbonyl (C=O) groups excluding carboxylic acids is 3. The van der Waals surface area contributed by atoms with Crippen molar-refractivity contribution in [3.63, 3.8) is 0 Å². The molecule has 0 N–H and O–H groups in total. The van der Waals surface area contributed by atoms with E-state index in [9.17, 15) is 14.4 Å². The molecule has 7 aromatic rings. The first kappa shape index (κ1) is 43.4. The van der Waals surface area contributed by atoms with Crippen molar-refractivity contribution in [1.82, 2.24) is 0 Å². The molecule has 0 radical (unpaired) electrons. The molecule has 0 atom stereocenters. The molecule has 310 valence electrons. The van der Waals surface area contributed by atoms with Crippen molar-refractivity contribution in [2.45, 2.75) is 0 Å². The highest BCUT2D eigenvalue weighted by atomic mass is 16.6. The highest BCUT2D eigenvalue weighted by Crippen LogP contribution is 2.23. The van der Waals surface area contributed by atoms with Gasteiger partial charge in [-0.3, -0.25) is 9.59 Å². The van der Waals surface area contributed by atoms with Gasteiger partial charge in [0.15, 0.2) is 11.6 Å². The Morgan fingerprint density at radius 3 is 1.13 bits per heavy atom. The summed E-state index contributed by atoms with van der Waals surface area (Å²) in [6.07, 6.45) is 0. The number of ether oxygens (including phenoxy) is 4. The second-order valence-corrected chi connectivity index (χ2v) is 14.4. The Hall–Kier alpha value is -7.65. The van der Waals surface area contributed by atoms with E-state index in [2.05, 4.69) is 23.7 Å². The van der Waals surface area contributed by atoms with Gasteiger partial charge < -0.3 is 18.9 Å². The predicted octanol–water partition coefficient (Wildman–Crippen LogP) is 10.1. The van der Waals surface area contributed by atoms with E-state index in [1.807, 2.05) is 164 Å². The maximum Gasteiger partial charge on any atom is 0.338 e. The zero-order chi connectivity index (χ0) is 43.6.